The first-order valence-corrected chi connectivity index (χ1v) is 3.10. The summed E-state index contributed by atoms with van der Waals surface area (Å²) in [6, 6.07) is 0. The van der Waals surface area contributed by atoms with Crippen molar-refractivity contribution in [3.63, 3.8) is 0 Å². The van der Waals surface area contributed by atoms with E-state index in [-0.39, 0.29) is 73.8 Å². The lowest BCUT2D eigenvalue weighted by Gasteiger charge is -1.69. The van der Waals surface area contributed by atoms with Crippen molar-refractivity contribution in [2.45, 2.75) is 0 Å². The summed E-state index contributed by atoms with van der Waals surface area (Å²) in [5, 5.41) is 86.0. The molecular formula is H48B4N12O12. The second-order valence-electron chi connectivity index (χ2n) is 1.39. The molecule has 0 amide bonds. The summed E-state index contributed by atoms with van der Waals surface area (Å²) >= 11 is 0. The Labute approximate surface area is 164 Å². The minimum Gasteiger partial charge on any atom is -0.402 e. The summed E-state index contributed by atoms with van der Waals surface area (Å²) in [4.78, 5) is 0. The smallest absolute Gasteiger partial charge is 0.402 e. The molecule has 0 aromatic heterocycles. The van der Waals surface area contributed by atoms with Gasteiger partial charge in [-0.3, -0.25) is 0 Å². The lowest BCUT2D eigenvalue weighted by molar-refractivity contribution is 0.276. The van der Waals surface area contributed by atoms with E-state index in [1.807, 2.05) is 0 Å². The van der Waals surface area contributed by atoms with E-state index in [4.69, 9.17) is 60.3 Å². The average molecular weight is 452 g/mol. The molecule has 0 fully saturated rings. The second-order valence-corrected chi connectivity index (χ2v) is 1.39. The third kappa shape index (κ3) is 30500. The molecule has 24 nitrogen and oxygen atoms in total. The van der Waals surface area contributed by atoms with Crippen molar-refractivity contribution < 1.29 is 60.3 Å². The van der Waals surface area contributed by atoms with Gasteiger partial charge in [0.25, 0.3) is 0 Å². The lowest BCUT2D eigenvalue weighted by Crippen LogP contribution is -2.07. The van der Waals surface area contributed by atoms with Crippen LogP contribution >= 0.6 is 0 Å². The highest BCUT2D eigenvalue weighted by Gasteiger charge is 1.93. The fraction of sp³-hybridized carbons (Fsp3) is 0. The summed E-state index contributed by atoms with van der Waals surface area (Å²) in [5.74, 6) is 0. The van der Waals surface area contributed by atoms with Crippen LogP contribution in [0.5, 0.6) is 0 Å². The standard InChI is InChI=1S/4BH3O3.12H3N/c4*2-1(3)4;;;;;;;;;;;;/h4*2-4H;12*1H3. The zero-order chi connectivity index (χ0) is 14.3. The second kappa shape index (κ2) is 132. The van der Waals surface area contributed by atoms with Crippen LogP contribution in [0, 0.1) is 0 Å². The maximum Gasteiger partial charge on any atom is 0.631 e. The molecule has 0 bridgehead atoms. The van der Waals surface area contributed by atoms with Gasteiger partial charge in [0.1, 0.15) is 0 Å². The normalized spacial score (nSPS) is 3.86. The van der Waals surface area contributed by atoms with Crippen molar-refractivity contribution in [2.24, 2.45) is 0 Å². The number of hydrogen-bond donors (Lipinski definition) is 24. The summed E-state index contributed by atoms with van der Waals surface area (Å²) in [6.45, 7) is 0. The Morgan fingerprint density at radius 3 is 0.179 bits per heavy atom. The van der Waals surface area contributed by atoms with Gasteiger partial charge in [0.15, 0.2) is 0 Å². The van der Waals surface area contributed by atoms with Crippen molar-refractivity contribution in [3.8, 4) is 0 Å². The van der Waals surface area contributed by atoms with Gasteiger partial charge < -0.3 is 134 Å². The summed E-state index contributed by atoms with van der Waals surface area (Å²) in [6.07, 6.45) is 0. The quantitative estimate of drug-likeness (QED) is 0.152. The lowest BCUT2D eigenvalue weighted by atomic mass is 10.3. The average Bonchev–Trinajstić information content (AvgIpc) is 1.76. The van der Waals surface area contributed by atoms with Crippen LogP contribution in [0.1, 0.15) is 0 Å². The van der Waals surface area contributed by atoms with Crippen molar-refractivity contribution in [3.05, 3.63) is 0 Å². The van der Waals surface area contributed by atoms with Crippen LogP contribution in [0.15, 0.2) is 0 Å². The van der Waals surface area contributed by atoms with Crippen molar-refractivity contribution in [1.82, 2.24) is 73.8 Å². The molecule has 28 heavy (non-hydrogen) atoms. The Bertz CT molecular complexity index is 83.6. The molecule has 0 unspecified atom stereocenters. The Hall–Kier alpha value is -0.700. The predicted octanol–water partition coefficient (Wildman–Crippen LogP) is -6.26. The van der Waals surface area contributed by atoms with Gasteiger partial charge in [0.2, 0.25) is 0 Å². The Morgan fingerprint density at radius 2 is 0.179 bits per heavy atom. The Kier molecular flexibility index (Phi) is 696. The molecule has 0 saturated carbocycles. The first kappa shape index (κ1) is 148. The SMILES string of the molecule is N.N.N.N.N.N.N.N.N.N.N.N.OB(O)O.OB(O)O.OB(O)O.OB(O)O. The highest BCUT2D eigenvalue weighted by molar-refractivity contribution is 6.31. The highest BCUT2D eigenvalue weighted by atomic mass is 16.5. The van der Waals surface area contributed by atoms with Crippen LogP contribution < -0.4 is 73.8 Å². The number of rotatable bonds is 0. The molecule has 0 aromatic carbocycles. The van der Waals surface area contributed by atoms with Gasteiger partial charge in [-0.15, -0.1) is 0 Å². The monoisotopic (exact) mass is 452 g/mol. The van der Waals surface area contributed by atoms with Crippen molar-refractivity contribution >= 4 is 29.3 Å². The fourth-order valence-electron chi connectivity index (χ4n) is 0. The van der Waals surface area contributed by atoms with E-state index in [2.05, 4.69) is 0 Å². The minimum absolute atomic E-state index is 0. The van der Waals surface area contributed by atoms with Gasteiger partial charge >= 0.3 is 29.3 Å². The van der Waals surface area contributed by atoms with Gasteiger partial charge in [0.05, 0.1) is 0 Å². The number of hydrogen-bond acceptors (Lipinski definition) is 24. The highest BCUT2D eigenvalue weighted by Crippen LogP contribution is 1.41. The van der Waals surface area contributed by atoms with E-state index >= 15 is 0 Å². The minimum atomic E-state index is -2.17. The third-order valence-electron chi connectivity index (χ3n) is 0. The molecule has 0 aliphatic heterocycles. The molecule has 0 rings (SSSR count). The molecule has 0 aliphatic carbocycles. The summed E-state index contributed by atoms with van der Waals surface area (Å²) in [5.41, 5.74) is 0. The molecule has 0 aromatic rings. The van der Waals surface area contributed by atoms with E-state index < -0.39 is 29.3 Å². The van der Waals surface area contributed by atoms with Gasteiger partial charge in [-0.2, -0.15) is 0 Å². The van der Waals surface area contributed by atoms with E-state index in [1.165, 1.54) is 0 Å². The van der Waals surface area contributed by atoms with E-state index in [9.17, 15) is 0 Å². The van der Waals surface area contributed by atoms with Gasteiger partial charge in [-0.25, -0.2) is 0 Å². The molecule has 28 heteroatoms. The topological polar surface area (TPSA) is 663 Å². The van der Waals surface area contributed by atoms with Crippen LogP contribution in [-0.4, -0.2) is 89.6 Å². The van der Waals surface area contributed by atoms with Crippen LogP contribution in [-0.2, 0) is 0 Å². The van der Waals surface area contributed by atoms with Crippen LogP contribution in [0.3, 0.4) is 0 Å². The predicted molar refractivity (Wildman–Crippen MR) is 110 cm³/mol. The first-order chi connectivity index (χ1) is 6.93. The van der Waals surface area contributed by atoms with Gasteiger partial charge in [-0.05, 0) is 0 Å². The van der Waals surface area contributed by atoms with Crippen LogP contribution in [0.25, 0.3) is 0 Å². The van der Waals surface area contributed by atoms with Crippen LogP contribution in [0.4, 0.5) is 0 Å². The molecule has 0 atom stereocenters. The molecular weight excluding hydrogens is 403 g/mol. The molecule has 48 N–H and O–H groups in total. The van der Waals surface area contributed by atoms with Crippen molar-refractivity contribution in [2.75, 3.05) is 0 Å². The maximum atomic E-state index is 7.17. The summed E-state index contributed by atoms with van der Waals surface area (Å²) < 4.78 is 0. The molecule has 192 valence electrons. The van der Waals surface area contributed by atoms with E-state index in [0.29, 0.717) is 0 Å². The van der Waals surface area contributed by atoms with Crippen LogP contribution in [0.2, 0.25) is 0 Å². The molecule has 0 heterocycles. The maximum absolute atomic E-state index is 7.17. The first-order valence-electron chi connectivity index (χ1n) is 3.10. The van der Waals surface area contributed by atoms with E-state index in [1.54, 1.807) is 0 Å². The zero-order valence-corrected chi connectivity index (χ0v) is 16.2. The Balaban J connectivity index is -0.00000000429. The molecule has 0 aliphatic rings. The fourth-order valence-corrected chi connectivity index (χ4v) is 0. The molecule has 0 spiro atoms. The zero-order valence-electron chi connectivity index (χ0n) is 16.2. The Morgan fingerprint density at radius 1 is 0.179 bits per heavy atom. The molecule has 0 saturated heterocycles. The van der Waals surface area contributed by atoms with Gasteiger partial charge in [-0.1, -0.05) is 0 Å². The van der Waals surface area contributed by atoms with Crippen molar-refractivity contribution in [1.29, 1.82) is 0 Å². The molecule has 0 radical (unpaired) electrons. The van der Waals surface area contributed by atoms with Gasteiger partial charge in [0, 0.05) is 0 Å². The third-order valence-corrected chi connectivity index (χ3v) is 0. The largest absolute Gasteiger partial charge is 0.631 e. The summed E-state index contributed by atoms with van der Waals surface area (Å²) in [7, 11) is -8.67. The van der Waals surface area contributed by atoms with E-state index in [0.717, 1.165) is 0 Å².